The van der Waals surface area contributed by atoms with E-state index >= 15 is 0 Å². The minimum absolute atomic E-state index is 0.0589. The zero-order valence-electron chi connectivity index (χ0n) is 17.7. The van der Waals surface area contributed by atoms with Crippen molar-refractivity contribution >= 4 is 49.1 Å². The zero-order valence-corrected chi connectivity index (χ0v) is 20.1. The summed E-state index contributed by atoms with van der Waals surface area (Å²) in [4.78, 5) is 26.4. The molecule has 0 radical (unpaired) electrons. The van der Waals surface area contributed by atoms with Crippen LogP contribution >= 0.6 is 27.3 Å². The number of nitriles is 1. The predicted octanol–water partition coefficient (Wildman–Crippen LogP) is 5.79. The number of fused-ring (bicyclic) bond motifs is 2. The summed E-state index contributed by atoms with van der Waals surface area (Å²) >= 11 is 4.84. The Morgan fingerprint density at radius 3 is 2.88 bits per heavy atom. The number of hydrogen-bond acceptors (Lipinski definition) is 7. The van der Waals surface area contributed by atoms with Crippen LogP contribution in [-0.2, 0) is 17.6 Å². The zero-order chi connectivity index (χ0) is 23.7. The number of carbonyl (C=O) groups is 1. The highest BCUT2D eigenvalue weighted by molar-refractivity contribution is 9.10. The van der Waals surface area contributed by atoms with E-state index in [0.717, 1.165) is 24.8 Å². The Kier molecular flexibility index (Phi) is 6.09. The van der Waals surface area contributed by atoms with Crippen molar-refractivity contribution in [3.05, 3.63) is 79.4 Å². The van der Waals surface area contributed by atoms with Gasteiger partial charge in [0.25, 0.3) is 5.91 Å². The van der Waals surface area contributed by atoms with Crippen molar-refractivity contribution in [2.24, 2.45) is 0 Å². The molecule has 0 unspecified atom stereocenters. The van der Waals surface area contributed by atoms with E-state index in [-0.39, 0.29) is 23.7 Å². The largest absolute Gasteiger partial charge is 0.484 e. The van der Waals surface area contributed by atoms with Crippen molar-refractivity contribution in [1.82, 2.24) is 0 Å². The van der Waals surface area contributed by atoms with Crippen molar-refractivity contribution in [2.45, 2.75) is 19.3 Å². The lowest BCUT2D eigenvalue weighted by atomic mass is 10.1. The average molecular weight is 537 g/mol. The van der Waals surface area contributed by atoms with E-state index in [0.29, 0.717) is 37.5 Å². The number of halogens is 1. The number of aryl methyl sites for hydroxylation is 1. The van der Waals surface area contributed by atoms with Crippen molar-refractivity contribution in [3.63, 3.8) is 0 Å². The Morgan fingerprint density at radius 2 is 2.06 bits per heavy atom. The second kappa shape index (κ2) is 9.33. The van der Waals surface area contributed by atoms with Crippen LogP contribution in [0.1, 0.15) is 22.4 Å². The van der Waals surface area contributed by atoms with Gasteiger partial charge in [-0.2, -0.15) is 5.26 Å². The van der Waals surface area contributed by atoms with Gasteiger partial charge in [-0.25, -0.2) is 0 Å². The van der Waals surface area contributed by atoms with Crippen molar-refractivity contribution in [1.29, 1.82) is 5.26 Å². The molecule has 1 N–H and O–H groups in total. The maximum Gasteiger partial charge on any atom is 0.262 e. The van der Waals surface area contributed by atoms with Gasteiger partial charge in [-0.15, -0.1) is 11.3 Å². The van der Waals surface area contributed by atoms with Crippen LogP contribution < -0.4 is 20.2 Å². The minimum Gasteiger partial charge on any atom is -0.484 e. The van der Waals surface area contributed by atoms with E-state index in [1.807, 2.05) is 12.1 Å². The lowest BCUT2D eigenvalue weighted by Crippen LogP contribution is -2.20. The van der Waals surface area contributed by atoms with Crippen molar-refractivity contribution < 1.29 is 18.7 Å². The minimum atomic E-state index is -0.366. The second-order valence-corrected chi connectivity index (χ2v) is 9.59. The van der Waals surface area contributed by atoms with Crippen LogP contribution in [0.2, 0.25) is 0 Å². The number of para-hydroxylation sites is 1. The molecule has 170 valence electrons. The number of ether oxygens (including phenoxy) is 2. The van der Waals surface area contributed by atoms with Gasteiger partial charge in [0.2, 0.25) is 11.2 Å². The van der Waals surface area contributed by atoms with E-state index in [4.69, 9.17) is 13.9 Å². The standard InChI is InChI=1S/C25H17BrN2O5S/c26-18-5-1-2-6-19(18)33-21-12-32-20-10-14(8-9-16(20)24(21)30)31-13-23(29)28-25-17(11-27)15-4-3-7-22(15)34-25/h1-2,5-6,8-10,12H,3-4,7,13H2,(H,28,29). The molecule has 2 aromatic carbocycles. The molecule has 0 atom stereocenters. The Bertz CT molecular complexity index is 1520. The van der Waals surface area contributed by atoms with Crippen LogP contribution in [0.3, 0.4) is 0 Å². The predicted molar refractivity (Wildman–Crippen MR) is 132 cm³/mol. The van der Waals surface area contributed by atoms with E-state index in [2.05, 4.69) is 27.3 Å². The summed E-state index contributed by atoms with van der Waals surface area (Å²) in [6.45, 7) is -0.244. The molecule has 34 heavy (non-hydrogen) atoms. The molecule has 1 amide bonds. The number of rotatable bonds is 6. The number of nitrogens with zero attached hydrogens (tertiary/aromatic N) is 1. The van der Waals surface area contributed by atoms with E-state index in [1.54, 1.807) is 30.3 Å². The highest BCUT2D eigenvalue weighted by Crippen LogP contribution is 2.38. The Hall–Kier alpha value is -3.61. The van der Waals surface area contributed by atoms with E-state index < -0.39 is 0 Å². The van der Waals surface area contributed by atoms with Gasteiger partial charge in [0.15, 0.2) is 6.61 Å². The third kappa shape index (κ3) is 4.30. The number of thiophene rings is 1. The first kappa shape index (κ1) is 22.2. The highest BCUT2D eigenvalue weighted by atomic mass is 79.9. The molecule has 2 heterocycles. The fourth-order valence-corrected chi connectivity index (χ4v) is 5.44. The number of carbonyl (C=O) groups excluding carboxylic acids is 1. The molecule has 2 aromatic heterocycles. The summed E-state index contributed by atoms with van der Waals surface area (Å²) in [5.41, 5.74) is 1.59. The summed E-state index contributed by atoms with van der Waals surface area (Å²) in [7, 11) is 0. The van der Waals surface area contributed by atoms with Gasteiger partial charge in [0.05, 0.1) is 15.4 Å². The van der Waals surface area contributed by atoms with E-state index in [9.17, 15) is 14.9 Å². The molecule has 1 aliphatic rings. The molecule has 0 saturated carbocycles. The number of benzene rings is 2. The van der Waals surface area contributed by atoms with Crippen LogP contribution in [0.5, 0.6) is 17.2 Å². The van der Waals surface area contributed by atoms with Gasteiger partial charge in [-0.3, -0.25) is 9.59 Å². The quantitative estimate of drug-likeness (QED) is 0.334. The fourth-order valence-electron chi connectivity index (χ4n) is 3.82. The lowest BCUT2D eigenvalue weighted by Gasteiger charge is -2.09. The monoisotopic (exact) mass is 536 g/mol. The van der Waals surface area contributed by atoms with Crippen LogP contribution in [0, 0.1) is 11.3 Å². The number of amides is 1. The van der Waals surface area contributed by atoms with Crippen molar-refractivity contribution in [3.8, 4) is 23.3 Å². The topological polar surface area (TPSA) is 102 Å². The Labute approximate surface area is 206 Å². The maximum atomic E-state index is 12.8. The van der Waals surface area contributed by atoms with E-state index in [1.165, 1.54) is 22.5 Å². The molecule has 0 fully saturated rings. The van der Waals surface area contributed by atoms with Crippen molar-refractivity contribution in [2.75, 3.05) is 11.9 Å². The molecule has 0 bridgehead atoms. The molecule has 5 rings (SSSR count). The van der Waals surface area contributed by atoms with Crippen LogP contribution in [0.25, 0.3) is 11.0 Å². The summed E-state index contributed by atoms with van der Waals surface area (Å²) in [5.74, 6) is 0.564. The SMILES string of the molecule is N#Cc1c(NC(=O)COc2ccc3c(=O)c(Oc4ccccc4Br)coc3c2)sc2c1CCC2. The lowest BCUT2D eigenvalue weighted by molar-refractivity contribution is -0.118. The summed E-state index contributed by atoms with van der Waals surface area (Å²) in [5, 5.41) is 13.1. The molecular weight excluding hydrogens is 520 g/mol. The normalized spacial score (nSPS) is 12.2. The second-order valence-electron chi connectivity index (χ2n) is 7.63. The van der Waals surface area contributed by atoms with Gasteiger partial charge < -0.3 is 19.2 Å². The summed E-state index contributed by atoms with van der Waals surface area (Å²) in [6.07, 6.45) is 4.11. The van der Waals surface area contributed by atoms with Gasteiger partial charge in [0.1, 0.15) is 34.4 Å². The molecule has 1 aliphatic carbocycles. The van der Waals surface area contributed by atoms with Crippen LogP contribution in [0.4, 0.5) is 5.00 Å². The van der Waals surface area contributed by atoms with Crippen LogP contribution in [-0.4, -0.2) is 12.5 Å². The molecule has 0 saturated heterocycles. The molecule has 9 heteroatoms. The van der Waals surface area contributed by atoms with Crippen LogP contribution in [0.15, 0.2) is 62.4 Å². The molecular formula is C25H17BrN2O5S. The first-order chi connectivity index (χ1) is 16.5. The first-order valence-corrected chi connectivity index (χ1v) is 12.1. The molecule has 0 spiro atoms. The smallest absolute Gasteiger partial charge is 0.262 e. The molecule has 0 aliphatic heterocycles. The Balaban J connectivity index is 1.28. The highest BCUT2D eigenvalue weighted by Gasteiger charge is 2.23. The third-order valence-corrected chi connectivity index (χ3v) is 7.29. The molecule has 7 nitrogen and oxygen atoms in total. The maximum absolute atomic E-state index is 12.8. The van der Waals surface area contributed by atoms with Gasteiger partial charge in [-0.05, 0) is 65.0 Å². The van der Waals surface area contributed by atoms with Gasteiger partial charge in [-0.1, -0.05) is 12.1 Å². The summed E-state index contributed by atoms with van der Waals surface area (Å²) < 4.78 is 17.6. The fraction of sp³-hybridized carbons (Fsp3) is 0.160. The number of nitrogens with one attached hydrogen (secondary N) is 1. The van der Waals surface area contributed by atoms with Gasteiger partial charge in [0, 0.05) is 10.9 Å². The third-order valence-electron chi connectivity index (χ3n) is 5.43. The number of hydrogen-bond donors (Lipinski definition) is 1. The Morgan fingerprint density at radius 1 is 1.21 bits per heavy atom. The average Bonchev–Trinajstić information content (AvgIpc) is 3.41. The molecule has 4 aromatic rings. The first-order valence-electron chi connectivity index (χ1n) is 10.5. The number of anilines is 1. The summed E-state index contributed by atoms with van der Waals surface area (Å²) in [6, 6.07) is 14.1. The van der Waals surface area contributed by atoms with Gasteiger partial charge >= 0.3 is 0 Å².